The average molecular weight is 377 g/mol. The van der Waals surface area contributed by atoms with E-state index < -0.39 is 17.8 Å². The first-order valence-corrected chi connectivity index (χ1v) is 8.74. The molecular formula is C18H18F3N5O. The lowest BCUT2D eigenvalue weighted by Gasteiger charge is -2.32. The van der Waals surface area contributed by atoms with Crippen molar-refractivity contribution in [1.82, 2.24) is 25.1 Å². The Hall–Kier alpha value is -2.84. The first-order chi connectivity index (χ1) is 12.9. The molecule has 1 aliphatic carbocycles. The highest BCUT2D eigenvalue weighted by molar-refractivity contribution is 5.92. The molecule has 3 aromatic rings. The van der Waals surface area contributed by atoms with Crippen molar-refractivity contribution in [3.05, 3.63) is 47.5 Å². The van der Waals surface area contributed by atoms with Gasteiger partial charge in [0.15, 0.2) is 5.69 Å². The van der Waals surface area contributed by atoms with Crippen LogP contribution in [0.15, 0.2) is 30.6 Å². The second-order valence-corrected chi connectivity index (χ2v) is 6.86. The van der Waals surface area contributed by atoms with E-state index in [4.69, 9.17) is 0 Å². The van der Waals surface area contributed by atoms with Gasteiger partial charge in [-0.25, -0.2) is 4.98 Å². The molecule has 1 saturated carbocycles. The molecule has 4 rings (SSSR count). The number of halogens is 3. The Labute approximate surface area is 152 Å². The van der Waals surface area contributed by atoms with E-state index in [1.54, 1.807) is 11.2 Å². The molecule has 0 saturated heterocycles. The van der Waals surface area contributed by atoms with Gasteiger partial charge in [0.2, 0.25) is 0 Å². The number of carbonyl (C=O) groups excluding carboxylic acids is 1. The summed E-state index contributed by atoms with van der Waals surface area (Å²) in [6.45, 7) is 0.776. The van der Waals surface area contributed by atoms with E-state index in [0.29, 0.717) is 12.5 Å². The van der Waals surface area contributed by atoms with E-state index in [0.717, 1.165) is 41.9 Å². The molecule has 27 heavy (non-hydrogen) atoms. The molecule has 0 radical (unpaired) electrons. The molecule has 6 nitrogen and oxygen atoms in total. The number of hydrogen-bond acceptors (Lipinski definition) is 3. The van der Waals surface area contributed by atoms with Gasteiger partial charge >= 0.3 is 6.18 Å². The first kappa shape index (κ1) is 17.6. The molecule has 0 unspecified atom stereocenters. The van der Waals surface area contributed by atoms with E-state index in [-0.39, 0.29) is 12.2 Å². The van der Waals surface area contributed by atoms with Crippen LogP contribution in [0, 0.1) is 5.92 Å². The van der Waals surface area contributed by atoms with Gasteiger partial charge in [-0.15, -0.1) is 0 Å². The number of H-pyrrole nitrogens is 2. The van der Waals surface area contributed by atoms with E-state index in [1.807, 2.05) is 18.2 Å². The maximum absolute atomic E-state index is 12.9. The Morgan fingerprint density at radius 3 is 2.78 bits per heavy atom. The number of carbonyl (C=O) groups is 1. The topological polar surface area (TPSA) is 77.7 Å². The van der Waals surface area contributed by atoms with Crippen molar-refractivity contribution in [3.8, 4) is 0 Å². The number of nitrogens with zero attached hydrogens (tertiary/aromatic N) is 3. The molecular weight excluding hydrogens is 359 g/mol. The molecule has 1 amide bonds. The largest absolute Gasteiger partial charge is 0.435 e. The van der Waals surface area contributed by atoms with Crippen LogP contribution < -0.4 is 0 Å². The van der Waals surface area contributed by atoms with Crippen LogP contribution in [-0.4, -0.2) is 37.5 Å². The van der Waals surface area contributed by atoms with Gasteiger partial charge in [0.25, 0.3) is 5.91 Å². The fourth-order valence-electron chi connectivity index (χ4n) is 3.31. The number of aromatic amines is 2. The number of para-hydroxylation sites is 1. The van der Waals surface area contributed by atoms with Gasteiger partial charge in [-0.3, -0.25) is 9.89 Å². The summed E-state index contributed by atoms with van der Waals surface area (Å²) < 4.78 is 38.4. The lowest BCUT2D eigenvalue weighted by Crippen LogP contribution is -2.37. The minimum Gasteiger partial charge on any atom is -0.345 e. The molecule has 9 heteroatoms. The third-order valence-electron chi connectivity index (χ3n) is 4.98. The molecule has 142 valence electrons. The van der Waals surface area contributed by atoms with E-state index in [9.17, 15) is 18.0 Å². The molecule has 0 atom stereocenters. The zero-order valence-corrected chi connectivity index (χ0v) is 14.4. The number of imidazole rings is 1. The summed E-state index contributed by atoms with van der Waals surface area (Å²) in [5, 5.41) is 5.47. The Morgan fingerprint density at radius 2 is 2.11 bits per heavy atom. The fourth-order valence-corrected chi connectivity index (χ4v) is 3.31. The van der Waals surface area contributed by atoms with Gasteiger partial charge in [-0.1, -0.05) is 18.6 Å². The van der Waals surface area contributed by atoms with Crippen molar-refractivity contribution >= 4 is 16.9 Å². The first-order valence-electron chi connectivity index (χ1n) is 8.74. The van der Waals surface area contributed by atoms with Crippen molar-refractivity contribution in [2.24, 2.45) is 5.92 Å². The maximum Gasteiger partial charge on any atom is 0.435 e. The summed E-state index contributed by atoms with van der Waals surface area (Å²) in [5.41, 5.74) is 1.20. The molecule has 1 aromatic carbocycles. The highest BCUT2D eigenvalue weighted by Crippen LogP contribution is 2.30. The van der Waals surface area contributed by atoms with Crippen LogP contribution in [0.3, 0.4) is 0 Å². The van der Waals surface area contributed by atoms with Crippen LogP contribution in [0.4, 0.5) is 13.2 Å². The van der Waals surface area contributed by atoms with E-state index in [1.165, 1.54) is 0 Å². The molecule has 2 aromatic heterocycles. The zero-order chi connectivity index (χ0) is 19.0. The van der Waals surface area contributed by atoms with Crippen LogP contribution in [0.5, 0.6) is 0 Å². The summed E-state index contributed by atoms with van der Waals surface area (Å²) in [6.07, 6.45) is 0.148. The van der Waals surface area contributed by atoms with Crippen molar-refractivity contribution in [2.75, 3.05) is 6.54 Å². The summed E-state index contributed by atoms with van der Waals surface area (Å²) in [7, 11) is 0. The Morgan fingerprint density at radius 1 is 1.30 bits per heavy atom. The molecule has 2 heterocycles. The second-order valence-electron chi connectivity index (χ2n) is 6.86. The smallest absolute Gasteiger partial charge is 0.345 e. The Kier molecular flexibility index (Phi) is 4.37. The van der Waals surface area contributed by atoms with Crippen molar-refractivity contribution in [2.45, 2.75) is 32.0 Å². The summed E-state index contributed by atoms with van der Waals surface area (Å²) in [6, 6.07) is 6.39. The molecule has 0 spiro atoms. The van der Waals surface area contributed by atoms with Gasteiger partial charge in [-0.2, -0.15) is 18.3 Å². The SMILES string of the molecule is O=C(c1cc(C(F)(F)F)n[nH]1)N(Cc1cccc2[nH]cnc12)CC1CCC1. The Balaban J connectivity index is 1.61. The predicted molar refractivity (Wildman–Crippen MR) is 91.8 cm³/mol. The number of alkyl halides is 3. The Bertz CT molecular complexity index is 957. The fraction of sp³-hybridized carbons (Fsp3) is 0.389. The average Bonchev–Trinajstić information content (AvgIpc) is 3.24. The van der Waals surface area contributed by atoms with Crippen molar-refractivity contribution in [1.29, 1.82) is 0 Å². The normalized spacial score (nSPS) is 15.1. The van der Waals surface area contributed by atoms with Crippen LogP contribution in [0.1, 0.15) is 41.0 Å². The molecule has 1 aliphatic rings. The predicted octanol–water partition coefficient (Wildman–Crippen LogP) is 3.75. The number of rotatable bonds is 5. The van der Waals surface area contributed by atoms with Crippen LogP contribution in [-0.2, 0) is 12.7 Å². The maximum atomic E-state index is 12.9. The highest BCUT2D eigenvalue weighted by Gasteiger charge is 2.35. The number of nitrogens with one attached hydrogen (secondary N) is 2. The third kappa shape index (κ3) is 3.54. The standard InChI is InChI=1S/C18H18F3N5O/c19-18(20,21)15-7-14(24-25-15)17(27)26(8-11-3-1-4-11)9-12-5-2-6-13-16(12)23-10-22-13/h2,5-7,10-11H,1,3-4,8-9H2,(H,22,23)(H,24,25). The monoisotopic (exact) mass is 377 g/mol. The van der Waals surface area contributed by atoms with Crippen LogP contribution in [0.2, 0.25) is 0 Å². The van der Waals surface area contributed by atoms with E-state index >= 15 is 0 Å². The van der Waals surface area contributed by atoms with Gasteiger partial charge in [0.1, 0.15) is 5.69 Å². The second kappa shape index (κ2) is 6.71. The summed E-state index contributed by atoms with van der Waals surface area (Å²) >= 11 is 0. The van der Waals surface area contributed by atoms with Crippen molar-refractivity contribution < 1.29 is 18.0 Å². The minimum absolute atomic E-state index is 0.157. The van der Waals surface area contributed by atoms with Crippen LogP contribution >= 0.6 is 0 Å². The summed E-state index contributed by atoms with van der Waals surface area (Å²) in [5.74, 6) is -0.116. The molecule has 0 aliphatic heterocycles. The highest BCUT2D eigenvalue weighted by atomic mass is 19.4. The number of hydrogen-bond donors (Lipinski definition) is 2. The molecule has 0 bridgehead atoms. The molecule has 1 fully saturated rings. The van der Waals surface area contributed by atoms with E-state index in [2.05, 4.69) is 20.2 Å². The zero-order valence-electron chi connectivity index (χ0n) is 14.4. The number of amides is 1. The van der Waals surface area contributed by atoms with Crippen molar-refractivity contribution in [3.63, 3.8) is 0 Å². The van der Waals surface area contributed by atoms with Gasteiger partial charge in [-0.05, 0) is 30.4 Å². The minimum atomic E-state index is -4.59. The summed E-state index contributed by atoms with van der Waals surface area (Å²) in [4.78, 5) is 21.8. The molecule has 2 N–H and O–H groups in total. The van der Waals surface area contributed by atoms with Gasteiger partial charge in [0, 0.05) is 19.2 Å². The number of benzene rings is 1. The van der Waals surface area contributed by atoms with Gasteiger partial charge < -0.3 is 9.88 Å². The third-order valence-corrected chi connectivity index (χ3v) is 4.98. The lowest BCUT2D eigenvalue weighted by molar-refractivity contribution is -0.141. The van der Waals surface area contributed by atoms with Crippen LogP contribution in [0.25, 0.3) is 11.0 Å². The lowest BCUT2D eigenvalue weighted by atomic mass is 9.85. The quantitative estimate of drug-likeness (QED) is 0.711. The number of aromatic nitrogens is 4. The van der Waals surface area contributed by atoms with Gasteiger partial charge in [0.05, 0.1) is 17.4 Å². The number of fused-ring (bicyclic) bond motifs is 1.